The Hall–Kier alpha value is -2.17. The van der Waals surface area contributed by atoms with E-state index in [1.165, 1.54) is 4.80 Å². The number of nitrogens with zero attached hydrogens (tertiary/aromatic N) is 4. The third-order valence-corrected chi connectivity index (χ3v) is 8.38. The zero-order chi connectivity index (χ0) is 28.8. The number of carbonyl (C=O) groups excluding carboxylic acids is 2. The highest BCUT2D eigenvalue weighted by atomic mass is 16.6. The highest BCUT2D eigenvalue weighted by molar-refractivity contribution is 5.87. The maximum Gasteiger partial charge on any atom is 0.306 e. The molecule has 10 nitrogen and oxygen atoms in total. The number of unbranched alkanes of at least 4 members (excludes halogenated alkanes) is 1. The number of Topliss-reactive ketones (excluding diaryl/α,β-unsaturated/α-hetero) is 1. The van der Waals surface area contributed by atoms with E-state index < -0.39 is 23.5 Å². The number of aliphatic hydroxyl groups is 1. The topological polar surface area (TPSA) is 129 Å². The van der Waals surface area contributed by atoms with E-state index in [4.69, 9.17) is 14.2 Å². The van der Waals surface area contributed by atoms with Crippen LogP contribution in [0.25, 0.3) is 6.08 Å². The van der Waals surface area contributed by atoms with Gasteiger partial charge in [-0.2, -0.15) is 0 Å². The van der Waals surface area contributed by atoms with Crippen LogP contribution in [0.3, 0.4) is 0 Å². The summed E-state index contributed by atoms with van der Waals surface area (Å²) in [5, 5.41) is 23.4. The molecule has 6 atom stereocenters. The van der Waals surface area contributed by atoms with Crippen LogP contribution >= 0.6 is 0 Å². The van der Waals surface area contributed by atoms with Gasteiger partial charge in [0.05, 0.1) is 17.8 Å². The Morgan fingerprint density at radius 1 is 1.23 bits per heavy atom. The second-order valence-corrected chi connectivity index (χ2v) is 12.3. The monoisotopic (exact) mass is 548 g/mol. The number of cyclic esters (lactones) is 1. The van der Waals surface area contributed by atoms with E-state index in [-0.39, 0.29) is 42.5 Å². The third kappa shape index (κ3) is 8.66. The molecule has 2 saturated heterocycles. The summed E-state index contributed by atoms with van der Waals surface area (Å²) < 4.78 is 17.6. The van der Waals surface area contributed by atoms with Crippen molar-refractivity contribution in [3.8, 4) is 0 Å². The van der Waals surface area contributed by atoms with Gasteiger partial charge >= 0.3 is 5.97 Å². The fraction of sp³-hybridized carbons (Fsp3) is 0.828. The lowest BCUT2D eigenvalue weighted by Gasteiger charge is -2.31. The first-order chi connectivity index (χ1) is 18.4. The van der Waals surface area contributed by atoms with Crippen LogP contribution in [0.5, 0.6) is 0 Å². The largest absolute Gasteiger partial charge is 0.458 e. The van der Waals surface area contributed by atoms with E-state index in [0.29, 0.717) is 25.3 Å². The number of hydrogen-bond donors (Lipinski definition) is 1. The number of aromatic nitrogens is 4. The maximum absolute atomic E-state index is 13.2. The zero-order valence-corrected chi connectivity index (χ0v) is 24.8. The van der Waals surface area contributed by atoms with Crippen LogP contribution in [0.4, 0.5) is 0 Å². The van der Waals surface area contributed by atoms with Crippen LogP contribution in [-0.4, -0.2) is 67.6 Å². The summed E-state index contributed by atoms with van der Waals surface area (Å²) in [6.07, 6.45) is 6.03. The van der Waals surface area contributed by atoms with Crippen molar-refractivity contribution < 1.29 is 28.9 Å². The van der Waals surface area contributed by atoms with Gasteiger partial charge in [-0.1, -0.05) is 47.5 Å². The normalized spacial score (nSPS) is 32.9. The highest BCUT2D eigenvalue weighted by Crippen LogP contribution is 2.45. The van der Waals surface area contributed by atoms with E-state index in [1.54, 1.807) is 13.0 Å². The molecule has 0 saturated carbocycles. The van der Waals surface area contributed by atoms with Crippen molar-refractivity contribution >= 4 is 17.8 Å². The highest BCUT2D eigenvalue weighted by Gasteiger charge is 2.52. The second-order valence-electron chi connectivity index (χ2n) is 12.3. The summed E-state index contributed by atoms with van der Waals surface area (Å²) in [6.45, 7) is 14.4. The average molecular weight is 549 g/mol. The lowest BCUT2D eigenvalue weighted by molar-refractivity contribution is -0.149. The number of hydrogen-bond acceptors (Lipinski definition) is 9. The SMILES string of the molecule is CCCCOCn1nnc(/C=C(\C)[C@@H]2C[C@@H]3O[C@]3(C)CCC[C@H](C)[C@H](O)[C@@H](C)C(=O)C(C)(C)CCC(=O)O2)n1. The molecule has 0 radical (unpaired) electrons. The van der Waals surface area contributed by atoms with Gasteiger partial charge in [0.2, 0.25) is 0 Å². The molecule has 3 rings (SSSR count). The first-order valence-corrected chi connectivity index (χ1v) is 14.5. The Labute approximate surface area is 232 Å². The summed E-state index contributed by atoms with van der Waals surface area (Å²) >= 11 is 0. The zero-order valence-electron chi connectivity index (χ0n) is 24.8. The number of carbonyl (C=O) groups is 2. The quantitative estimate of drug-likeness (QED) is 0.297. The molecule has 0 spiro atoms. The molecule has 1 aromatic rings. The Morgan fingerprint density at radius 3 is 2.69 bits per heavy atom. The van der Waals surface area contributed by atoms with Crippen molar-refractivity contribution in [1.29, 1.82) is 0 Å². The second kappa shape index (κ2) is 13.5. The smallest absolute Gasteiger partial charge is 0.306 e. The average Bonchev–Trinajstić information content (AvgIpc) is 3.30. The van der Waals surface area contributed by atoms with Gasteiger partial charge in [0, 0.05) is 30.8 Å². The lowest BCUT2D eigenvalue weighted by atomic mass is 9.74. The number of epoxide rings is 1. The number of esters is 1. The fourth-order valence-corrected chi connectivity index (χ4v) is 5.35. The number of ether oxygens (including phenoxy) is 3. The minimum Gasteiger partial charge on any atom is -0.458 e. The molecule has 1 N–H and O–H groups in total. The Bertz CT molecular complexity index is 1010. The van der Waals surface area contributed by atoms with E-state index in [2.05, 4.69) is 29.3 Å². The van der Waals surface area contributed by atoms with Crippen molar-refractivity contribution in [3.05, 3.63) is 11.4 Å². The number of rotatable bonds is 7. The van der Waals surface area contributed by atoms with E-state index >= 15 is 0 Å². The standard InChI is InChI=1S/C29H48N4O6/c1-8-9-15-37-18-33-31-24(30-32-33)16-20(3)22-17-23-29(7,39-23)13-10-11-19(2)26(35)21(4)27(36)28(5,6)14-12-25(34)38-22/h16,19,21-23,26,35H,8-15,17-18H2,1-7H3/b20-16+/t19-,21+,22-,23-,26-,29+/m0/s1. The van der Waals surface area contributed by atoms with E-state index in [1.807, 2.05) is 27.7 Å². The summed E-state index contributed by atoms with van der Waals surface area (Å²) in [7, 11) is 0. The van der Waals surface area contributed by atoms with Crippen molar-refractivity contribution in [2.45, 2.75) is 130 Å². The molecule has 0 amide bonds. The van der Waals surface area contributed by atoms with Gasteiger partial charge in [0.25, 0.3) is 0 Å². The third-order valence-electron chi connectivity index (χ3n) is 8.38. The van der Waals surface area contributed by atoms with Crippen LogP contribution < -0.4 is 0 Å². The minimum absolute atomic E-state index is 0.00527. The van der Waals surface area contributed by atoms with Crippen LogP contribution in [0.1, 0.15) is 106 Å². The van der Waals surface area contributed by atoms with Gasteiger partial charge in [-0.25, -0.2) is 0 Å². The predicted molar refractivity (Wildman–Crippen MR) is 146 cm³/mol. The Morgan fingerprint density at radius 2 is 1.97 bits per heavy atom. The number of tetrazole rings is 1. The molecule has 0 aromatic carbocycles. The predicted octanol–water partition coefficient (Wildman–Crippen LogP) is 4.50. The summed E-state index contributed by atoms with van der Waals surface area (Å²) in [4.78, 5) is 27.6. The van der Waals surface area contributed by atoms with Crippen LogP contribution in [0.2, 0.25) is 0 Å². The lowest BCUT2D eigenvalue weighted by Crippen LogP contribution is -2.39. The van der Waals surface area contributed by atoms with Crippen LogP contribution in [-0.2, 0) is 30.5 Å². The number of aliphatic hydroxyl groups excluding tert-OH is 1. The van der Waals surface area contributed by atoms with E-state index in [0.717, 1.165) is 37.7 Å². The maximum atomic E-state index is 13.2. The van der Waals surface area contributed by atoms with Crippen LogP contribution in [0, 0.1) is 17.3 Å². The van der Waals surface area contributed by atoms with Crippen molar-refractivity contribution in [1.82, 2.24) is 20.2 Å². The number of ketones is 1. The summed E-state index contributed by atoms with van der Waals surface area (Å²) in [5.41, 5.74) is -0.251. The van der Waals surface area contributed by atoms with Gasteiger partial charge < -0.3 is 19.3 Å². The van der Waals surface area contributed by atoms with Crippen molar-refractivity contribution in [3.63, 3.8) is 0 Å². The molecule has 2 fully saturated rings. The molecule has 2 aliphatic heterocycles. The van der Waals surface area contributed by atoms with Crippen LogP contribution in [0.15, 0.2) is 5.57 Å². The molecule has 0 aliphatic carbocycles. The molecule has 10 heteroatoms. The molecule has 220 valence electrons. The van der Waals surface area contributed by atoms with E-state index in [9.17, 15) is 14.7 Å². The molecule has 2 aliphatic rings. The first kappa shape index (κ1) is 31.4. The minimum atomic E-state index is -0.754. The molecule has 0 unspecified atom stereocenters. The van der Waals surface area contributed by atoms with Gasteiger partial charge in [-0.15, -0.1) is 15.0 Å². The molecule has 0 bridgehead atoms. The molecule has 3 heterocycles. The van der Waals surface area contributed by atoms with Gasteiger partial charge in [0.1, 0.15) is 11.9 Å². The van der Waals surface area contributed by atoms with Gasteiger partial charge in [0.15, 0.2) is 12.6 Å². The first-order valence-electron chi connectivity index (χ1n) is 14.5. The molecule has 1 aromatic heterocycles. The summed E-state index contributed by atoms with van der Waals surface area (Å²) in [5.74, 6) is -0.488. The molecule has 39 heavy (non-hydrogen) atoms. The Kier molecular flexibility index (Phi) is 10.8. The molecular formula is C29H48N4O6. The molecular weight excluding hydrogens is 500 g/mol. The number of fused-ring (bicyclic) bond motifs is 1. The van der Waals surface area contributed by atoms with Crippen molar-refractivity contribution in [2.75, 3.05) is 6.61 Å². The van der Waals surface area contributed by atoms with Crippen molar-refractivity contribution in [2.24, 2.45) is 17.3 Å². The van der Waals surface area contributed by atoms with Gasteiger partial charge in [-0.05, 0) is 62.3 Å². The summed E-state index contributed by atoms with van der Waals surface area (Å²) in [6, 6.07) is 0. The van der Waals surface area contributed by atoms with Gasteiger partial charge in [-0.3, -0.25) is 9.59 Å². The Balaban J connectivity index is 1.75. The fourth-order valence-electron chi connectivity index (χ4n) is 5.35.